The normalized spacial score (nSPS) is 11.5. The van der Waals surface area contributed by atoms with Gasteiger partial charge in [-0.15, -0.1) is 0 Å². The Balaban J connectivity index is 3.03. The molecule has 8 heavy (non-hydrogen) atoms. The molecule has 0 aromatic rings. The molecule has 0 spiro atoms. The van der Waals surface area contributed by atoms with Gasteiger partial charge in [0.05, 0.1) is 0 Å². The molecular formula is C6H14N2. The van der Waals surface area contributed by atoms with Crippen molar-refractivity contribution in [1.82, 2.24) is 5.01 Å². The van der Waals surface area contributed by atoms with Crippen LogP contribution in [0.2, 0.25) is 0 Å². The lowest BCUT2D eigenvalue weighted by molar-refractivity contribution is 0.389. The van der Waals surface area contributed by atoms with Gasteiger partial charge in [0.15, 0.2) is 0 Å². The molecule has 0 saturated carbocycles. The lowest BCUT2D eigenvalue weighted by Gasteiger charge is -2.02. The molecule has 0 aliphatic carbocycles. The number of likely N-dealkylation sites (N-methyl/N-ethyl adjacent to an activating group) is 1. The first-order valence-corrected chi connectivity index (χ1v) is 2.88. The Morgan fingerprint density at radius 2 is 2.12 bits per heavy atom. The van der Waals surface area contributed by atoms with Crippen molar-refractivity contribution in [2.75, 3.05) is 13.6 Å². The van der Waals surface area contributed by atoms with Gasteiger partial charge in [-0.1, -0.05) is 19.1 Å². The zero-order valence-corrected chi connectivity index (χ0v) is 5.59. The standard InChI is InChI=1S/C6H14N2/c1-3-4-5-6-8(2)7/h4-5H,3,6-7H2,1-2H3/b5-4+. The van der Waals surface area contributed by atoms with Crippen LogP contribution in [0.3, 0.4) is 0 Å². The summed E-state index contributed by atoms with van der Waals surface area (Å²) in [6.07, 6.45) is 5.25. The monoisotopic (exact) mass is 114 g/mol. The Kier molecular flexibility index (Phi) is 4.61. The molecule has 0 heterocycles. The molecule has 0 saturated heterocycles. The van der Waals surface area contributed by atoms with E-state index in [2.05, 4.69) is 19.1 Å². The van der Waals surface area contributed by atoms with Crippen LogP contribution in [0.15, 0.2) is 12.2 Å². The van der Waals surface area contributed by atoms with Crippen LogP contribution in [0.4, 0.5) is 0 Å². The van der Waals surface area contributed by atoms with E-state index in [1.165, 1.54) is 0 Å². The maximum absolute atomic E-state index is 5.32. The average Bonchev–Trinajstić information content (AvgIpc) is 1.66. The SMILES string of the molecule is CC/C=C/CN(C)N. The van der Waals surface area contributed by atoms with Gasteiger partial charge in [0.1, 0.15) is 0 Å². The van der Waals surface area contributed by atoms with Gasteiger partial charge in [-0.2, -0.15) is 0 Å². The Hall–Kier alpha value is -0.340. The lowest BCUT2D eigenvalue weighted by Crippen LogP contribution is -2.25. The Bertz CT molecular complexity index is 66.9. The van der Waals surface area contributed by atoms with Gasteiger partial charge < -0.3 is 0 Å². The highest BCUT2D eigenvalue weighted by Gasteiger charge is 1.78. The van der Waals surface area contributed by atoms with Crippen molar-refractivity contribution in [2.24, 2.45) is 5.84 Å². The fraction of sp³-hybridized carbons (Fsp3) is 0.667. The van der Waals surface area contributed by atoms with E-state index < -0.39 is 0 Å². The van der Waals surface area contributed by atoms with Crippen LogP contribution >= 0.6 is 0 Å². The third kappa shape index (κ3) is 5.66. The minimum Gasteiger partial charge on any atom is -0.269 e. The minimum atomic E-state index is 0.841. The van der Waals surface area contributed by atoms with E-state index in [1.54, 1.807) is 5.01 Å². The van der Waals surface area contributed by atoms with Crippen LogP contribution in [-0.2, 0) is 0 Å². The van der Waals surface area contributed by atoms with Crippen LogP contribution in [0.25, 0.3) is 0 Å². The molecule has 2 nitrogen and oxygen atoms in total. The molecular weight excluding hydrogens is 100 g/mol. The first-order valence-electron chi connectivity index (χ1n) is 2.88. The van der Waals surface area contributed by atoms with Crippen molar-refractivity contribution in [2.45, 2.75) is 13.3 Å². The molecule has 0 fully saturated rings. The fourth-order valence-corrected chi connectivity index (χ4v) is 0.407. The van der Waals surface area contributed by atoms with Gasteiger partial charge >= 0.3 is 0 Å². The lowest BCUT2D eigenvalue weighted by atomic mass is 10.4. The Morgan fingerprint density at radius 1 is 1.50 bits per heavy atom. The van der Waals surface area contributed by atoms with Gasteiger partial charge in [0.25, 0.3) is 0 Å². The number of hydrogen-bond donors (Lipinski definition) is 1. The van der Waals surface area contributed by atoms with Gasteiger partial charge in [-0.3, -0.25) is 5.84 Å². The molecule has 0 bridgehead atoms. The van der Waals surface area contributed by atoms with E-state index >= 15 is 0 Å². The maximum atomic E-state index is 5.32. The Labute approximate surface area is 50.9 Å². The van der Waals surface area contributed by atoms with E-state index in [4.69, 9.17) is 5.84 Å². The number of nitrogens with two attached hydrogens (primary N) is 1. The second-order valence-electron chi connectivity index (χ2n) is 1.82. The molecule has 0 atom stereocenters. The first kappa shape index (κ1) is 7.66. The van der Waals surface area contributed by atoms with Gasteiger partial charge in [0, 0.05) is 13.6 Å². The number of allylic oxidation sites excluding steroid dienone is 1. The average molecular weight is 114 g/mol. The van der Waals surface area contributed by atoms with E-state index in [0.717, 1.165) is 13.0 Å². The molecule has 0 aromatic heterocycles. The van der Waals surface area contributed by atoms with Crippen molar-refractivity contribution < 1.29 is 0 Å². The molecule has 2 heteroatoms. The zero-order chi connectivity index (χ0) is 6.41. The molecule has 0 unspecified atom stereocenters. The quantitative estimate of drug-likeness (QED) is 0.333. The number of hydrogen-bond acceptors (Lipinski definition) is 2. The molecule has 0 aliphatic heterocycles. The van der Waals surface area contributed by atoms with Gasteiger partial charge in [-0.25, -0.2) is 5.01 Å². The summed E-state index contributed by atoms with van der Waals surface area (Å²) in [5, 5.41) is 1.64. The van der Waals surface area contributed by atoms with Crippen molar-refractivity contribution >= 4 is 0 Å². The summed E-state index contributed by atoms with van der Waals surface area (Å²) in [5.41, 5.74) is 0. The predicted molar refractivity (Wildman–Crippen MR) is 36.2 cm³/mol. The minimum absolute atomic E-state index is 0.841. The van der Waals surface area contributed by atoms with Crippen molar-refractivity contribution in [3.63, 3.8) is 0 Å². The highest BCUT2D eigenvalue weighted by molar-refractivity contribution is 4.81. The van der Waals surface area contributed by atoms with Crippen LogP contribution in [0, 0.1) is 0 Å². The van der Waals surface area contributed by atoms with Crippen LogP contribution in [-0.4, -0.2) is 18.6 Å². The smallest absolute Gasteiger partial charge is 0.0306 e. The molecule has 0 radical (unpaired) electrons. The summed E-state index contributed by atoms with van der Waals surface area (Å²) in [6.45, 7) is 2.95. The molecule has 2 N–H and O–H groups in total. The Morgan fingerprint density at radius 3 is 2.50 bits per heavy atom. The van der Waals surface area contributed by atoms with Gasteiger partial charge in [-0.05, 0) is 6.42 Å². The van der Waals surface area contributed by atoms with E-state index in [0.29, 0.717) is 0 Å². The van der Waals surface area contributed by atoms with E-state index in [-0.39, 0.29) is 0 Å². The highest BCUT2D eigenvalue weighted by atomic mass is 15.4. The molecule has 48 valence electrons. The van der Waals surface area contributed by atoms with Crippen LogP contribution in [0.1, 0.15) is 13.3 Å². The summed E-state index contributed by atoms with van der Waals surface area (Å²) >= 11 is 0. The van der Waals surface area contributed by atoms with Gasteiger partial charge in [0.2, 0.25) is 0 Å². The second-order valence-corrected chi connectivity index (χ2v) is 1.82. The largest absolute Gasteiger partial charge is 0.269 e. The summed E-state index contributed by atoms with van der Waals surface area (Å²) < 4.78 is 0. The van der Waals surface area contributed by atoms with Crippen molar-refractivity contribution in [3.05, 3.63) is 12.2 Å². The van der Waals surface area contributed by atoms with Crippen molar-refractivity contribution in [1.29, 1.82) is 0 Å². The molecule has 0 aliphatic rings. The van der Waals surface area contributed by atoms with Crippen LogP contribution in [0.5, 0.6) is 0 Å². The molecule has 0 rings (SSSR count). The van der Waals surface area contributed by atoms with E-state index in [1.807, 2.05) is 7.05 Å². The molecule has 0 aromatic carbocycles. The topological polar surface area (TPSA) is 29.3 Å². The zero-order valence-electron chi connectivity index (χ0n) is 5.59. The fourth-order valence-electron chi connectivity index (χ4n) is 0.407. The summed E-state index contributed by atoms with van der Waals surface area (Å²) in [4.78, 5) is 0. The predicted octanol–water partition coefficient (Wildman–Crippen LogP) is 0.758. The van der Waals surface area contributed by atoms with E-state index in [9.17, 15) is 0 Å². The summed E-state index contributed by atoms with van der Waals surface area (Å²) in [5.74, 6) is 5.32. The summed E-state index contributed by atoms with van der Waals surface area (Å²) in [6, 6.07) is 0. The van der Waals surface area contributed by atoms with Crippen molar-refractivity contribution in [3.8, 4) is 0 Å². The maximum Gasteiger partial charge on any atom is 0.0306 e. The highest BCUT2D eigenvalue weighted by Crippen LogP contribution is 1.78. The third-order valence-corrected chi connectivity index (χ3v) is 0.796. The second kappa shape index (κ2) is 4.81. The number of hydrazine groups is 1. The third-order valence-electron chi connectivity index (χ3n) is 0.796. The first-order chi connectivity index (χ1) is 3.77. The number of rotatable bonds is 3. The number of nitrogens with zero attached hydrogens (tertiary/aromatic N) is 1. The van der Waals surface area contributed by atoms with Crippen LogP contribution < -0.4 is 5.84 Å². The summed E-state index contributed by atoms with van der Waals surface area (Å²) in [7, 11) is 1.85. The molecule has 0 amide bonds.